The van der Waals surface area contributed by atoms with Crippen molar-refractivity contribution in [3.05, 3.63) is 78.4 Å². The van der Waals surface area contributed by atoms with E-state index in [4.69, 9.17) is 23.7 Å². The number of aliphatic hydroxyl groups is 1. The molecular formula is C30H38O6. The van der Waals surface area contributed by atoms with Gasteiger partial charge in [0.25, 0.3) is 0 Å². The first-order chi connectivity index (χ1) is 17.4. The highest BCUT2D eigenvalue weighted by molar-refractivity contribution is 5.26. The Morgan fingerprint density at radius 3 is 2.36 bits per heavy atom. The maximum absolute atomic E-state index is 10.4. The summed E-state index contributed by atoms with van der Waals surface area (Å²) in [4.78, 5) is 0. The van der Waals surface area contributed by atoms with Crippen LogP contribution in [-0.4, -0.2) is 50.0 Å². The van der Waals surface area contributed by atoms with Gasteiger partial charge in [0.2, 0.25) is 0 Å². The molecule has 0 radical (unpaired) electrons. The van der Waals surface area contributed by atoms with E-state index in [2.05, 4.69) is 18.4 Å². The lowest BCUT2D eigenvalue weighted by Crippen LogP contribution is -2.51. The molecule has 36 heavy (non-hydrogen) atoms. The predicted molar refractivity (Wildman–Crippen MR) is 139 cm³/mol. The standard InChI is InChI=1S/C30H38O6/c1-5-30(35-20-21-36-30)29(2,3)28(34-23-24-10-7-6-8-11-24)13-9-12-26(31)18-19-33-22-25-14-16-27(32-4)17-15-25/h5-8,10-11,14-17,26,28,31H,1,12,18-23H2,2-4H3/t26-,28+/m1/s1. The van der Waals surface area contributed by atoms with Crippen molar-refractivity contribution in [2.24, 2.45) is 5.41 Å². The van der Waals surface area contributed by atoms with Crippen molar-refractivity contribution in [2.75, 3.05) is 26.9 Å². The fourth-order valence-corrected chi connectivity index (χ4v) is 4.05. The number of ether oxygens (including phenoxy) is 5. The zero-order valence-electron chi connectivity index (χ0n) is 21.6. The van der Waals surface area contributed by atoms with Crippen molar-refractivity contribution in [1.82, 2.24) is 0 Å². The summed E-state index contributed by atoms with van der Waals surface area (Å²) in [7, 11) is 1.64. The zero-order chi connectivity index (χ0) is 25.9. The molecule has 0 saturated carbocycles. The highest BCUT2D eigenvalue weighted by Gasteiger charge is 2.52. The normalized spacial score (nSPS) is 16.6. The Morgan fingerprint density at radius 2 is 1.72 bits per heavy atom. The van der Waals surface area contributed by atoms with Gasteiger partial charge in [-0.1, -0.05) is 74.7 Å². The SMILES string of the molecule is C=CC1(C(C)(C)[C@H](C#CC[C@@H](O)CCOCc2ccc(OC)cc2)OCc2ccccc2)OCCO1. The van der Waals surface area contributed by atoms with Crippen LogP contribution >= 0.6 is 0 Å². The molecule has 1 aliphatic heterocycles. The largest absolute Gasteiger partial charge is 0.497 e. The molecular weight excluding hydrogens is 456 g/mol. The molecule has 0 amide bonds. The average molecular weight is 495 g/mol. The van der Waals surface area contributed by atoms with E-state index in [1.165, 1.54) is 0 Å². The molecule has 6 heteroatoms. The van der Waals surface area contributed by atoms with Crippen LogP contribution < -0.4 is 4.74 Å². The van der Waals surface area contributed by atoms with Gasteiger partial charge in [-0.2, -0.15) is 0 Å². The summed E-state index contributed by atoms with van der Waals surface area (Å²) in [6, 6.07) is 17.7. The molecule has 0 aromatic heterocycles. The molecule has 6 nitrogen and oxygen atoms in total. The highest BCUT2D eigenvalue weighted by Crippen LogP contribution is 2.43. The van der Waals surface area contributed by atoms with Gasteiger partial charge in [-0.25, -0.2) is 0 Å². The van der Waals surface area contributed by atoms with Gasteiger partial charge >= 0.3 is 0 Å². The second-order valence-electron chi connectivity index (χ2n) is 9.34. The van der Waals surface area contributed by atoms with Crippen molar-refractivity contribution in [3.63, 3.8) is 0 Å². The van der Waals surface area contributed by atoms with E-state index in [9.17, 15) is 5.11 Å². The van der Waals surface area contributed by atoms with Gasteiger partial charge in [0.1, 0.15) is 11.9 Å². The Labute approximate surface area is 215 Å². The number of aliphatic hydroxyl groups excluding tert-OH is 1. The van der Waals surface area contributed by atoms with E-state index >= 15 is 0 Å². The summed E-state index contributed by atoms with van der Waals surface area (Å²) in [5, 5.41) is 10.4. The summed E-state index contributed by atoms with van der Waals surface area (Å²) >= 11 is 0. The van der Waals surface area contributed by atoms with Crippen LogP contribution in [0.3, 0.4) is 0 Å². The second-order valence-corrected chi connectivity index (χ2v) is 9.34. The number of hydrogen-bond acceptors (Lipinski definition) is 6. The molecule has 0 unspecified atom stereocenters. The molecule has 0 aliphatic carbocycles. The van der Waals surface area contributed by atoms with E-state index in [1.54, 1.807) is 13.2 Å². The fraction of sp³-hybridized carbons (Fsp3) is 0.467. The van der Waals surface area contributed by atoms with Gasteiger partial charge in [-0.15, -0.1) is 0 Å². The molecule has 2 atom stereocenters. The monoisotopic (exact) mass is 494 g/mol. The third-order valence-corrected chi connectivity index (χ3v) is 6.39. The minimum Gasteiger partial charge on any atom is -0.497 e. The Balaban J connectivity index is 1.56. The minimum absolute atomic E-state index is 0.315. The summed E-state index contributed by atoms with van der Waals surface area (Å²) in [5.41, 5.74) is 1.47. The topological polar surface area (TPSA) is 66.4 Å². The third-order valence-electron chi connectivity index (χ3n) is 6.39. The number of benzene rings is 2. The molecule has 1 saturated heterocycles. The molecule has 0 spiro atoms. The summed E-state index contributed by atoms with van der Waals surface area (Å²) in [5.74, 6) is 6.18. The summed E-state index contributed by atoms with van der Waals surface area (Å²) < 4.78 is 29.1. The Kier molecular flexibility index (Phi) is 10.5. The van der Waals surface area contributed by atoms with Gasteiger partial charge in [-0.3, -0.25) is 0 Å². The van der Waals surface area contributed by atoms with Crippen LogP contribution in [0.25, 0.3) is 0 Å². The maximum atomic E-state index is 10.4. The van der Waals surface area contributed by atoms with Crippen molar-refractivity contribution >= 4 is 0 Å². The maximum Gasteiger partial charge on any atom is 0.196 e. The van der Waals surface area contributed by atoms with Gasteiger partial charge in [-0.05, 0) is 35.8 Å². The van der Waals surface area contributed by atoms with Crippen molar-refractivity contribution in [2.45, 2.75) is 57.9 Å². The van der Waals surface area contributed by atoms with E-state index in [-0.39, 0.29) is 0 Å². The Bertz CT molecular complexity index is 984. The summed E-state index contributed by atoms with van der Waals surface area (Å²) in [6.45, 7) is 10.3. The first-order valence-corrected chi connectivity index (χ1v) is 12.3. The molecule has 0 bridgehead atoms. The first-order valence-electron chi connectivity index (χ1n) is 12.3. The van der Waals surface area contributed by atoms with Gasteiger partial charge in [0, 0.05) is 13.0 Å². The number of rotatable bonds is 13. The van der Waals surface area contributed by atoms with Crippen LogP contribution in [0.2, 0.25) is 0 Å². The predicted octanol–water partition coefficient (Wildman–Crippen LogP) is 4.90. The van der Waals surface area contributed by atoms with Crippen LogP contribution in [0.5, 0.6) is 5.75 Å². The second kappa shape index (κ2) is 13.6. The highest BCUT2D eigenvalue weighted by atomic mass is 16.7. The quantitative estimate of drug-likeness (QED) is 0.243. The number of methoxy groups -OCH3 is 1. The lowest BCUT2D eigenvalue weighted by molar-refractivity contribution is -0.220. The fourth-order valence-electron chi connectivity index (χ4n) is 4.05. The molecule has 1 heterocycles. The van der Waals surface area contributed by atoms with Gasteiger partial charge < -0.3 is 28.8 Å². The van der Waals surface area contributed by atoms with Crippen LogP contribution in [0.4, 0.5) is 0 Å². The smallest absolute Gasteiger partial charge is 0.196 e. The van der Waals surface area contributed by atoms with E-state index in [0.717, 1.165) is 16.9 Å². The van der Waals surface area contributed by atoms with Crippen molar-refractivity contribution < 1.29 is 28.8 Å². The van der Waals surface area contributed by atoms with Crippen LogP contribution in [-0.2, 0) is 32.2 Å². The van der Waals surface area contributed by atoms with Crippen LogP contribution in [0.15, 0.2) is 67.3 Å². The number of hydrogen-bond donors (Lipinski definition) is 1. The minimum atomic E-state index is -0.989. The summed E-state index contributed by atoms with van der Waals surface area (Å²) in [6.07, 6.45) is 1.39. The lowest BCUT2D eigenvalue weighted by Gasteiger charge is -2.42. The van der Waals surface area contributed by atoms with E-state index in [1.807, 2.05) is 68.4 Å². The van der Waals surface area contributed by atoms with Crippen LogP contribution in [0.1, 0.15) is 37.8 Å². The molecule has 2 aromatic rings. The van der Waals surface area contributed by atoms with E-state index in [0.29, 0.717) is 45.9 Å². The lowest BCUT2D eigenvalue weighted by atomic mass is 9.77. The van der Waals surface area contributed by atoms with Gasteiger partial charge in [0.05, 0.1) is 45.1 Å². The molecule has 3 rings (SSSR count). The molecule has 194 valence electrons. The van der Waals surface area contributed by atoms with Gasteiger partial charge in [0.15, 0.2) is 5.79 Å². The molecule has 2 aromatic carbocycles. The van der Waals surface area contributed by atoms with Crippen molar-refractivity contribution in [3.8, 4) is 17.6 Å². The zero-order valence-corrected chi connectivity index (χ0v) is 21.6. The molecule has 1 aliphatic rings. The average Bonchev–Trinajstić information content (AvgIpc) is 3.41. The first kappa shape index (κ1) is 27.9. The Hall–Kier alpha value is -2.66. The van der Waals surface area contributed by atoms with Crippen molar-refractivity contribution in [1.29, 1.82) is 0 Å². The molecule has 1 N–H and O–H groups in total. The third kappa shape index (κ3) is 7.42. The Morgan fingerprint density at radius 1 is 1.06 bits per heavy atom. The molecule has 1 fully saturated rings. The van der Waals surface area contributed by atoms with Crippen LogP contribution in [0, 0.1) is 17.3 Å². The van der Waals surface area contributed by atoms with E-state index < -0.39 is 23.4 Å².